The standard InChI is InChI=1S/C17H15F3N6O/c1-9-12(14(22)15-16(23-9)26-27-25-15)7-11-5-4-10(8-21)13(24-11)3-2-6-17(18,19)20/h4-5H,2-3,6-7,22H2,1H3. The highest BCUT2D eigenvalue weighted by Crippen LogP contribution is 2.26. The van der Waals surface area contributed by atoms with Crippen LogP contribution in [-0.2, 0) is 12.8 Å². The van der Waals surface area contributed by atoms with Gasteiger partial charge in [0.25, 0.3) is 0 Å². The maximum absolute atomic E-state index is 12.4. The van der Waals surface area contributed by atoms with Crippen LogP contribution in [0.3, 0.4) is 0 Å². The average molecular weight is 376 g/mol. The summed E-state index contributed by atoms with van der Waals surface area (Å²) in [6.45, 7) is 1.76. The van der Waals surface area contributed by atoms with Crippen molar-refractivity contribution in [2.75, 3.05) is 5.73 Å². The number of pyridine rings is 2. The molecule has 0 spiro atoms. The number of nitriles is 1. The minimum atomic E-state index is -4.23. The third-order valence-electron chi connectivity index (χ3n) is 4.15. The number of rotatable bonds is 5. The number of hydrogen-bond donors (Lipinski definition) is 1. The minimum absolute atomic E-state index is 0.0647. The van der Waals surface area contributed by atoms with Gasteiger partial charge in [0.2, 0.25) is 5.65 Å². The number of nitrogen functional groups attached to an aromatic ring is 1. The van der Waals surface area contributed by atoms with Crippen molar-refractivity contribution in [3.63, 3.8) is 0 Å². The second kappa shape index (κ2) is 7.19. The highest BCUT2D eigenvalue weighted by molar-refractivity contribution is 5.85. The van der Waals surface area contributed by atoms with Gasteiger partial charge in [-0.15, -0.1) is 0 Å². The van der Waals surface area contributed by atoms with Gasteiger partial charge in [0.05, 0.1) is 16.9 Å². The lowest BCUT2D eigenvalue weighted by Crippen LogP contribution is -2.09. The van der Waals surface area contributed by atoms with Crippen molar-refractivity contribution in [2.24, 2.45) is 0 Å². The van der Waals surface area contributed by atoms with Gasteiger partial charge in [-0.3, -0.25) is 4.98 Å². The highest BCUT2D eigenvalue weighted by Gasteiger charge is 2.26. The molecule has 0 saturated carbocycles. The molecular weight excluding hydrogens is 361 g/mol. The molecule has 0 aliphatic carbocycles. The van der Waals surface area contributed by atoms with Gasteiger partial charge in [0.1, 0.15) is 6.07 Å². The number of anilines is 1. The van der Waals surface area contributed by atoms with E-state index in [4.69, 9.17) is 5.73 Å². The van der Waals surface area contributed by atoms with Crippen LogP contribution in [0.4, 0.5) is 18.9 Å². The molecule has 0 radical (unpaired) electrons. The Kier molecular flexibility index (Phi) is 4.94. The number of alkyl halides is 3. The zero-order chi connectivity index (χ0) is 19.6. The quantitative estimate of drug-likeness (QED) is 0.727. The van der Waals surface area contributed by atoms with E-state index in [1.807, 2.05) is 6.07 Å². The van der Waals surface area contributed by atoms with Crippen molar-refractivity contribution in [1.29, 1.82) is 5.26 Å². The fraction of sp³-hybridized carbons (Fsp3) is 0.353. The van der Waals surface area contributed by atoms with Gasteiger partial charge in [-0.05, 0) is 42.2 Å². The van der Waals surface area contributed by atoms with E-state index in [2.05, 4.69) is 24.9 Å². The molecular formula is C17H15F3N6O. The van der Waals surface area contributed by atoms with E-state index in [0.717, 1.165) is 0 Å². The molecule has 0 saturated heterocycles. The molecule has 10 heteroatoms. The molecule has 3 rings (SSSR count). The number of nitrogens with two attached hydrogens (primary N) is 1. The van der Waals surface area contributed by atoms with Crippen LogP contribution in [0.15, 0.2) is 16.8 Å². The Morgan fingerprint density at radius 1 is 1.22 bits per heavy atom. The summed E-state index contributed by atoms with van der Waals surface area (Å²) in [5.41, 5.74) is 9.61. The van der Waals surface area contributed by atoms with Crippen molar-refractivity contribution < 1.29 is 17.8 Å². The monoisotopic (exact) mass is 376 g/mol. The first-order valence-corrected chi connectivity index (χ1v) is 8.11. The highest BCUT2D eigenvalue weighted by atomic mass is 19.4. The number of aromatic nitrogens is 4. The Bertz CT molecular complexity index is 1020. The van der Waals surface area contributed by atoms with E-state index in [1.165, 1.54) is 0 Å². The fourth-order valence-corrected chi connectivity index (χ4v) is 2.79. The number of fused-ring (bicyclic) bond motifs is 1. The summed E-state index contributed by atoms with van der Waals surface area (Å²) in [7, 11) is 0. The lowest BCUT2D eigenvalue weighted by Gasteiger charge is -2.11. The molecule has 3 aromatic heterocycles. The molecule has 140 valence electrons. The van der Waals surface area contributed by atoms with Gasteiger partial charge in [0, 0.05) is 29.8 Å². The van der Waals surface area contributed by atoms with Crippen LogP contribution in [0.25, 0.3) is 11.2 Å². The zero-order valence-electron chi connectivity index (χ0n) is 14.3. The number of nitrogens with zero attached hydrogens (tertiary/aromatic N) is 5. The van der Waals surface area contributed by atoms with Gasteiger partial charge >= 0.3 is 6.18 Å². The Morgan fingerprint density at radius 2 is 2.00 bits per heavy atom. The van der Waals surface area contributed by atoms with Crippen LogP contribution in [0, 0.1) is 18.3 Å². The van der Waals surface area contributed by atoms with E-state index < -0.39 is 12.6 Å². The molecule has 0 bridgehead atoms. The number of halogens is 3. The Morgan fingerprint density at radius 3 is 2.70 bits per heavy atom. The Hall–Kier alpha value is -3.22. The summed E-state index contributed by atoms with van der Waals surface area (Å²) in [4.78, 5) is 8.65. The fourth-order valence-electron chi connectivity index (χ4n) is 2.79. The Labute approximate surface area is 152 Å². The lowest BCUT2D eigenvalue weighted by molar-refractivity contribution is -0.135. The average Bonchev–Trinajstić information content (AvgIpc) is 3.06. The summed E-state index contributed by atoms with van der Waals surface area (Å²) in [5.74, 6) is 0. The van der Waals surface area contributed by atoms with E-state index in [9.17, 15) is 18.4 Å². The largest absolute Gasteiger partial charge is 0.396 e. The molecule has 2 N–H and O–H groups in total. The number of hydrogen-bond acceptors (Lipinski definition) is 7. The van der Waals surface area contributed by atoms with Crippen LogP contribution < -0.4 is 5.73 Å². The van der Waals surface area contributed by atoms with E-state index in [-0.39, 0.29) is 18.4 Å². The molecule has 0 aliphatic heterocycles. The summed E-state index contributed by atoms with van der Waals surface area (Å²) in [6.07, 6.45) is -4.92. The predicted molar refractivity (Wildman–Crippen MR) is 89.5 cm³/mol. The Balaban J connectivity index is 1.87. The van der Waals surface area contributed by atoms with Crippen LogP contribution in [0.1, 0.15) is 41.1 Å². The lowest BCUT2D eigenvalue weighted by atomic mass is 10.0. The third-order valence-corrected chi connectivity index (χ3v) is 4.15. The van der Waals surface area contributed by atoms with Crippen molar-refractivity contribution in [3.05, 3.63) is 40.3 Å². The summed E-state index contributed by atoms with van der Waals surface area (Å²) in [5, 5.41) is 16.6. The van der Waals surface area contributed by atoms with E-state index >= 15 is 0 Å². The SMILES string of the molecule is Cc1nc2nonc2c(N)c1Cc1ccc(C#N)c(CCCC(F)(F)F)n1. The maximum Gasteiger partial charge on any atom is 0.389 e. The first-order chi connectivity index (χ1) is 12.8. The smallest absolute Gasteiger partial charge is 0.389 e. The van der Waals surface area contributed by atoms with Gasteiger partial charge in [0.15, 0.2) is 5.52 Å². The zero-order valence-corrected chi connectivity index (χ0v) is 14.3. The molecule has 0 atom stereocenters. The van der Waals surface area contributed by atoms with Crippen molar-refractivity contribution in [2.45, 2.75) is 38.8 Å². The molecule has 0 aliphatic rings. The van der Waals surface area contributed by atoms with Gasteiger partial charge < -0.3 is 5.73 Å². The molecule has 0 amide bonds. The molecule has 27 heavy (non-hydrogen) atoms. The topological polar surface area (TPSA) is 115 Å². The summed E-state index contributed by atoms with van der Waals surface area (Å²) in [6, 6.07) is 5.17. The van der Waals surface area contributed by atoms with Crippen molar-refractivity contribution in [3.8, 4) is 6.07 Å². The maximum atomic E-state index is 12.4. The molecule has 3 heterocycles. The van der Waals surface area contributed by atoms with Crippen LogP contribution in [0.5, 0.6) is 0 Å². The summed E-state index contributed by atoms with van der Waals surface area (Å²) < 4.78 is 41.8. The van der Waals surface area contributed by atoms with Gasteiger partial charge in [-0.2, -0.15) is 18.4 Å². The molecule has 3 aromatic rings. The van der Waals surface area contributed by atoms with Crippen molar-refractivity contribution in [1.82, 2.24) is 20.3 Å². The molecule has 0 aromatic carbocycles. The van der Waals surface area contributed by atoms with Crippen LogP contribution >= 0.6 is 0 Å². The first kappa shape index (κ1) is 18.6. The summed E-state index contributed by atoms with van der Waals surface area (Å²) >= 11 is 0. The van der Waals surface area contributed by atoms with Crippen molar-refractivity contribution >= 4 is 16.9 Å². The van der Waals surface area contributed by atoms with Crippen LogP contribution in [0.2, 0.25) is 0 Å². The second-order valence-electron chi connectivity index (χ2n) is 6.08. The van der Waals surface area contributed by atoms with Gasteiger partial charge in [-0.25, -0.2) is 9.61 Å². The molecule has 0 fully saturated rings. The van der Waals surface area contributed by atoms with E-state index in [0.29, 0.717) is 45.9 Å². The van der Waals surface area contributed by atoms with E-state index in [1.54, 1.807) is 19.1 Å². The predicted octanol–water partition coefficient (Wildman–Crippen LogP) is 3.25. The normalized spacial score (nSPS) is 11.7. The van der Waals surface area contributed by atoms with Gasteiger partial charge in [-0.1, -0.05) is 0 Å². The number of aryl methyl sites for hydroxylation is 2. The minimum Gasteiger partial charge on any atom is -0.396 e. The first-order valence-electron chi connectivity index (χ1n) is 8.11. The van der Waals surface area contributed by atoms with Crippen LogP contribution in [-0.4, -0.2) is 26.5 Å². The molecule has 7 nitrogen and oxygen atoms in total. The molecule has 0 unspecified atom stereocenters. The third kappa shape index (κ3) is 4.13. The second-order valence-corrected chi connectivity index (χ2v) is 6.08.